The molecule has 5 heteroatoms. The summed E-state index contributed by atoms with van der Waals surface area (Å²) in [4.78, 5) is 20.5. The predicted octanol–water partition coefficient (Wildman–Crippen LogP) is 2.59. The number of allylic oxidation sites excluding steroid dienone is 4. The number of hydrogen-bond acceptors (Lipinski definition) is 4. The van der Waals surface area contributed by atoms with E-state index in [1.54, 1.807) is 0 Å². The molecule has 0 saturated heterocycles. The first-order valence-corrected chi connectivity index (χ1v) is 7.74. The van der Waals surface area contributed by atoms with Crippen molar-refractivity contribution in [2.24, 2.45) is 7.47 Å². The fourth-order valence-corrected chi connectivity index (χ4v) is 3.69. The molecule has 0 bridgehead atoms. The van der Waals surface area contributed by atoms with Crippen molar-refractivity contribution in [2.45, 2.75) is 19.3 Å². The van der Waals surface area contributed by atoms with Gasteiger partial charge in [0.05, 0.1) is 0 Å². The van der Waals surface area contributed by atoms with Gasteiger partial charge in [0, 0.05) is 0 Å². The molecule has 12 heavy (non-hydrogen) atoms. The van der Waals surface area contributed by atoms with E-state index >= 15 is 0 Å². The molecule has 0 N–H and O–H groups in total. The van der Waals surface area contributed by atoms with E-state index in [-0.39, 0.29) is 0 Å². The van der Waals surface area contributed by atoms with Crippen LogP contribution in [0.4, 0.5) is 0 Å². The van der Waals surface area contributed by atoms with E-state index in [2.05, 4.69) is 7.47 Å². The molecule has 0 unspecified atom stereocenters. The second-order valence-electron chi connectivity index (χ2n) is 2.37. The summed E-state index contributed by atoms with van der Waals surface area (Å²) in [5.41, 5.74) is 0. The van der Waals surface area contributed by atoms with Gasteiger partial charge in [-0.15, -0.1) is 0 Å². The van der Waals surface area contributed by atoms with Gasteiger partial charge in [0.1, 0.15) is 0 Å². The average Bonchev–Trinajstić information content (AvgIpc) is 2.35. The first-order valence-electron chi connectivity index (χ1n) is 3.65. The molecule has 0 aromatic heterocycles. The molecule has 0 fully saturated rings. The van der Waals surface area contributed by atoms with E-state index in [9.17, 15) is 9.81 Å². The van der Waals surface area contributed by atoms with Crippen molar-refractivity contribution in [2.75, 3.05) is 0 Å². The van der Waals surface area contributed by atoms with Crippen molar-refractivity contribution >= 4 is 0 Å². The number of hydrogen-bond donors (Lipinski definition) is 0. The molecule has 1 aliphatic rings. The molecule has 1 rings (SSSR count). The standard InChI is InChI=1S/C7H9.2NO.W/c1-2-4-6-7-5-3-1;2*1-2;/h1-3H,4,6-7H2;;;/q;2*-1;+2. The maximum atomic E-state index is 10.2. The molecule has 0 aromatic rings. The molecule has 0 radical (unpaired) electrons. The monoisotopic (exact) mass is 337 g/mol. The normalized spacial score (nSPS) is 16.9. The van der Waals surface area contributed by atoms with Crippen LogP contribution >= 0.6 is 0 Å². The second-order valence-corrected chi connectivity index (χ2v) is 7.22. The fourth-order valence-electron chi connectivity index (χ4n) is 1.01. The Morgan fingerprint density at radius 2 is 2.08 bits per heavy atom. The quantitative estimate of drug-likeness (QED) is 0.744. The molecule has 0 heterocycles. The van der Waals surface area contributed by atoms with Crippen LogP contribution < -0.4 is 0 Å². The van der Waals surface area contributed by atoms with E-state index in [0.29, 0.717) is 0 Å². The molecule has 0 aromatic carbocycles. The Morgan fingerprint density at radius 3 is 2.75 bits per heavy atom. The summed E-state index contributed by atoms with van der Waals surface area (Å²) in [6.07, 6.45) is 8.58. The van der Waals surface area contributed by atoms with E-state index in [0.717, 1.165) is 23.2 Å². The van der Waals surface area contributed by atoms with Gasteiger partial charge in [-0.25, -0.2) is 0 Å². The van der Waals surface area contributed by atoms with Crippen molar-refractivity contribution in [3.8, 4) is 0 Å². The first-order chi connectivity index (χ1) is 5.88. The van der Waals surface area contributed by atoms with Gasteiger partial charge in [-0.05, 0) is 0 Å². The third-order valence-corrected chi connectivity index (χ3v) is 5.51. The zero-order valence-electron chi connectivity index (χ0n) is 6.47. The minimum atomic E-state index is -2.89. The van der Waals surface area contributed by atoms with Crippen LogP contribution in [0.2, 0.25) is 0 Å². The topological polar surface area (TPSA) is 58.9 Å². The van der Waals surface area contributed by atoms with Crippen LogP contribution in [-0.2, 0) is 17.8 Å². The summed E-state index contributed by atoms with van der Waals surface area (Å²) in [6, 6.07) is 0. The third-order valence-electron chi connectivity index (χ3n) is 1.59. The van der Waals surface area contributed by atoms with E-state index in [1.165, 1.54) is 0 Å². The van der Waals surface area contributed by atoms with Crippen LogP contribution in [0.25, 0.3) is 0 Å². The Bertz CT molecular complexity index is 230. The second kappa shape index (κ2) is 5.09. The SMILES string of the molecule is O=[N][W]([N]=O)[C]1=CC=CCCC1. The first kappa shape index (κ1) is 9.46. The van der Waals surface area contributed by atoms with Gasteiger partial charge < -0.3 is 0 Å². The number of nitroso groups, excluding NO2 is 2. The van der Waals surface area contributed by atoms with Gasteiger partial charge in [0.2, 0.25) is 0 Å². The number of nitrogens with zero attached hydrogens (tertiary/aromatic N) is 2. The predicted molar refractivity (Wildman–Crippen MR) is 42.7 cm³/mol. The molecule has 0 saturated carbocycles. The average molecular weight is 337 g/mol. The van der Waals surface area contributed by atoms with Crippen LogP contribution in [0.5, 0.6) is 0 Å². The van der Waals surface area contributed by atoms with Crippen molar-refractivity contribution in [3.63, 3.8) is 0 Å². The Balaban J connectivity index is 2.70. The Kier molecular flexibility index (Phi) is 4.01. The van der Waals surface area contributed by atoms with Gasteiger partial charge in [-0.3, -0.25) is 0 Å². The van der Waals surface area contributed by atoms with Crippen LogP contribution in [0, 0.1) is 9.81 Å². The van der Waals surface area contributed by atoms with Crippen LogP contribution in [0.3, 0.4) is 0 Å². The molecule has 0 aliphatic heterocycles. The molecule has 0 amide bonds. The summed E-state index contributed by atoms with van der Waals surface area (Å²) < 4.78 is 6.58. The Hall–Kier alpha value is -0.632. The van der Waals surface area contributed by atoms with E-state index < -0.39 is 17.8 Å². The molecule has 4 nitrogen and oxygen atoms in total. The van der Waals surface area contributed by atoms with Gasteiger partial charge in [0.15, 0.2) is 0 Å². The van der Waals surface area contributed by atoms with Gasteiger partial charge >= 0.3 is 76.6 Å². The Labute approximate surface area is 76.8 Å². The minimum absolute atomic E-state index is 0.818. The van der Waals surface area contributed by atoms with E-state index in [1.807, 2.05) is 18.2 Å². The van der Waals surface area contributed by atoms with Gasteiger partial charge in [-0.1, -0.05) is 0 Å². The summed E-state index contributed by atoms with van der Waals surface area (Å²) in [5, 5.41) is 0. The zero-order valence-corrected chi connectivity index (χ0v) is 9.41. The van der Waals surface area contributed by atoms with Crippen molar-refractivity contribution in [1.82, 2.24) is 0 Å². The summed E-state index contributed by atoms with van der Waals surface area (Å²) in [5.74, 6) is 0. The molecular weight excluding hydrogens is 328 g/mol. The van der Waals surface area contributed by atoms with Crippen LogP contribution in [0.1, 0.15) is 19.3 Å². The zero-order chi connectivity index (χ0) is 8.81. The summed E-state index contributed by atoms with van der Waals surface area (Å²) in [6.45, 7) is 0. The van der Waals surface area contributed by atoms with Crippen molar-refractivity contribution < 1.29 is 17.8 Å². The molecule has 1 aliphatic carbocycles. The van der Waals surface area contributed by atoms with E-state index in [4.69, 9.17) is 0 Å². The molecule has 65 valence electrons. The molecule has 0 atom stereocenters. The van der Waals surface area contributed by atoms with Gasteiger partial charge in [0.25, 0.3) is 0 Å². The van der Waals surface area contributed by atoms with Crippen molar-refractivity contribution in [3.05, 3.63) is 32.0 Å². The Morgan fingerprint density at radius 1 is 1.33 bits per heavy atom. The van der Waals surface area contributed by atoms with Crippen LogP contribution in [-0.4, -0.2) is 0 Å². The summed E-state index contributed by atoms with van der Waals surface area (Å²) in [7, 11) is 0. The molecule has 0 spiro atoms. The molecular formula is C7H9N2O2W. The van der Waals surface area contributed by atoms with Gasteiger partial charge in [-0.2, -0.15) is 0 Å². The van der Waals surface area contributed by atoms with Crippen molar-refractivity contribution in [1.29, 1.82) is 0 Å². The maximum absolute atomic E-state index is 10.2. The van der Waals surface area contributed by atoms with Crippen LogP contribution in [0.15, 0.2) is 29.7 Å². The fraction of sp³-hybridized carbons (Fsp3) is 0.429. The summed E-state index contributed by atoms with van der Waals surface area (Å²) >= 11 is -2.89. The number of rotatable bonds is 3. The third kappa shape index (κ3) is 2.45.